The fourth-order valence-corrected chi connectivity index (χ4v) is 3.17. The van der Waals surface area contributed by atoms with E-state index < -0.39 is 0 Å². The van der Waals surface area contributed by atoms with Gasteiger partial charge in [0.1, 0.15) is 12.0 Å². The van der Waals surface area contributed by atoms with E-state index in [0.717, 1.165) is 32.7 Å². The van der Waals surface area contributed by atoms with Gasteiger partial charge in [-0.1, -0.05) is 18.2 Å². The number of benzene rings is 1. The second-order valence-corrected chi connectivity index (χ2v) is 6.50. The van der Waals surface area contributed by atoms with Gasteiger partial charge in [-0.25, -0.2) is 0 Å². The molecule has 1 aliphatic rings. The third kappa shape index (κ3) is 7.18. The van der Waals surface area contributed by atoms with Crippen molar-refractivity contribution in [3.05, 3.63) is 54.0 Å². The summed E-state index contributed by atoms with van der Waals surface area (Å²) in [7, 11) is 0. The Balaban J connectivity index is 0.00000243. The Morgan fingerprint density at radius 2 is 1.79 bits per heavy atom. The molecular weight excluding hydrogens is 423 g/mol. The fourth-order valence-electron chi connectivity index (χ4n) is 3.17. The van der Waals surface area contributed by atoms with E-state index in [9.17, 15) is 4.79 Å². The summed E-state index contributed by atoms with van der Waals surface area (Å²) in [5, 5.41) is 3.03. The number of hydrogen-bond donors (Lipinski definition) is 2. The second kappa shape index (κ2) is 12.9. The van der Waals surface area contributed by atoms with E-state index in [1.807, 2.05) is 13.0 Å². The number of nitrogens with one attached hydrogen (secondary N) is 1. The van der Waals surface area contributed by atoms with E-state index in [2.05, 4.69) is 39.4 Å². The number of nitrogens with zero attached hydrogens (tertiary/aromatic N) is 2. The number of halogens is 3. The first-order valence-corrected chi connectivity index (χ1v) is 8.76. The van der Waals surface area contributed by atoms with Crippen LogP contribution in [0.5, 0.6) is 0 Å². The molecule has 1 fully saturated rings. The summed E-state index contributed by atoms with van der Waals surface area (Å²) in [6.45, 7) is 7.19. The number of hydrogen-bond acceptors (Lipinski definition) is 5. The lowest BCUT2D eigenvalue weighted by Gasteiger charge is -2.37. The van der Waals surface area contributed by atoms with Crippen molar-refractivity contribution in [2.75, 3.05) is 37.6 Å². The van der Waals surface area contributed by atoms with Crippen LogP contribution in [0.15, 0.2) is 47.1 Å². The minimum atomic E-state index is -0.112. The van der Waals surface area contributed by atoms with Gasteiger partial charge in [-0.2, -0.15) is 0 Å². The van der Waals surface area contributed by atoms with Crippen molar-refractivity contribution in [3.63, 3.8) is 0 Å². The lowest BCUT2D eigenvalue weighted by molar-refractivity contribution is 0.0927. The molecule has 0 aliphatic carbocycles. The topological polar surface area (TPSA) is 74.7 Å². The molecule has 0 bridgehead atoms. The maximum atomic E-state index is 12.2. The standard InChI is InChI=1S/C19H26N4O2.3ClH/c1-15(21-19(24)16-11-18(12-20)25-14-16)13-22-7-9-23(10-8-22)17-5-3-2-4-6-17;;;/h2-6,11,14-15H,7-10,12-13,20H2,1H3,(H,21,24);3*1H. The van der Waals surface area contributed by atoms with Crippen LogP contribution in [0, 0.1) is 0 Å². The van der Waals surface area contributed by atoms with Crippen LogP contribution in [-0.4, -0.2) is 49.6 Å². The molecule has 1 amide bonds. The summed E-state index contributed by atoms with van der Waals surface area (Å²) >= 11 is 0. The Morgan fingerprint density at radius 3 is 2.36 bits per heavy atom. The van der Waals surface area contributed by atoms with Gasteiger partial charge in [0.2, 0.25) is 0 Å². The van der Waals surface area contributed by atoms with Crippen LogP contribution in [0.2, 0.25) is 0 Å². The zero-order chi connectivity index (χ0) is 17.6. The van der Waals surface area contributed by atoms with Crippen LogP contribution in [-0.2, 0) is 6.54 Å². The number of nitrogens with two attached hydrogens (primary N) is 1. The summed E-state index contributed by atoms with van der Waals surface area (Å²) in [6.07, 6.45) is 1.46. The summed E-state index contributed by atoms with van der Waals surface area (Å²) in [5.74, 6) is 0.508. The Morgan fingerprint density at radius 1 is 1.14 bits per heavy atom. The van der Waals surface area contributed by atoms with Gasteiger partial charge >= 0.3 is 0 Å². The Bertz CT molecular complexity index is 691. The summed E-state index contributed by atoms with van der Waals surface area (Å²) in [5.41, 5.74) is 7.31. The molecule has 3 N–H and O–H groups in total. The molecule has 158 valence electrons. The van der Waals surface area contributed by atoms with Crippen molar-refractivity contribution in [1.29, 1.82) is 0 Å². The highest BCUT2D eigenvalue weighted by molar-refractivity contribution is 5.94. The van der Waals surface area contributed by atoms with Gasteiger partial charge < -0.3 is 20.4 Å². The third-order valence-corrected chi connectivity index (χ3v) is 4.52. The van der Waals surface area contributed by atoms with Gasteiger partial charge in [0, 0.05) is 44.5 Å². The van der Waals surface area contributed by atoms with E-state index in [4.69, 9.17) is 10.2 Å². The first-order chi connectivity index (χ1) is 12.2. The van der Waals surface area contributed by atoms with Crippen LogP contribution < -0.4 is 16.0 Å². The SMILES string of the molecule is CC(CN1CCN(c2ccccc2)CC1)NC(=O)c1coc(CN)c1.Cl.Cl.Cl. The molecule has 0 spiro atoms. The van der Waals surface area contributed by atoms with Gasteiger partial charge in [0.05, 0.1) is 12.1 Å². The van der Waals surface area contributed by atoms with Crippen LogP contribution in [0.4, 0.5) is 5.69 Å². The van der Waals surface area contributed by atoms with E-state index >= 15 is 0 Å². The van der Waals surface area contributed by atoms with Gasteiger partial charge in [0.25, 0.3) is 5.91 Å². The molecule has 1 saturated heterocycles. The molecule has 2 heterocycles. The lowest BCUT2D eigenvalue weighted by Crippen LogP contribution is -2.50. The van der Waals surface area contributed by atoms with Gasteiger partial charge in [-0.3, -0.25) is 9.69 Å². The summed E-state index contributed by atoms with van der Waals surface area (Å²) < 4.78 is 5.22. The largest absolute Gasteiger partial charge is 0.467 e. The van der Waals surface area contributed by atoms with Crippen molar-refractivity contribution >= 4 is 48.8 Å². The monoisotopic (exact) mass is 450 g/mol. The Kier molecular flexibility index (Phi) is 12.2. The molecule has 1 atom stereocenters. The van der Waals surface area contributed by atoms with Crippen molar-refractivity contribution in [3.8, 4) is 0 Å². The molecule has 2 aromatic rings. The quantitative estimate of drug-likeness (QED) is 0.706. The first kappa shape index (κ1) is 26.6. The van der Waals surface area contributed by atoms with Crippen LogP contribution in [0.1, 0.15) is 23.0 Å². The Labute approximate surface area is 185 Å². The highest BCUT2D eigenvalue weighted by atomic mass is 35.5. The number of carbonyl (C=O) groups is 1. The maximum absolute atomic E-state index is 12.2. The van der Waals surface area contributed by atoms with E-state index in [1.54, 1.807) is 6.07 Å². The number of piperazine rings is 1. The average Bonchev–Trinajstić information content (AvgIpc) is 3.12. The molecule has 9 heteroatoms. The summed E-state index contributed by atoms with van der Waals surface area (Å²) in [6, 6.07) is 12.3. The average molecular weight is 452 g/mol. The second-order valence-electron chi connectivity index (χ2n) is 6.50. The number of amides is 1. The normalized spacial score (nSPS) is 14.9. The predicted molar refractivity (Wildman–Crippen MR) is 120 cm³/mol. The molecule has 28 heavy (non-hydrogen) atoms. The number of carbonyl (C=O) groups excluding carboxylic acids is 1. The first-order valence-electron chi connectivity index (χ1n) is 8.76. The van der Waals surface area contributed by atoms with Gasteiger partial charge in [0.15, 0.2) is 0 Å². The molecule has 6 nitrogen and oxygen atoms in total. The predicted octanol–water partition coefficient (Wildman–Crippen LogP) is 2.94. The number of rotatable bonds is 6. The zero-order valence-electron chi connectivity index (χ0n) is 15.9. The third-order valence-electron chi connectivity index (χ3n) is 4.52. The fraction of sp³-hybridized carbons (Fsp3) is 0.421. The van der Waals surface area contributed by atoms with Crippen molar-refractivity contribution in [2.24, 2.45) is 5.73 Å². The van der Waals surface area contributed by atoms with Crippen LogP contribution in [0.3, 0.4) is 0 Å². The minimum absolute atomic E-state index is 0. The summed E-state index contributed by atoms with van der Waals surface area (Å²) in [4.78, 5) is 17.0. The molecule has 1 aliphatic heterocycles. The van der Waals surface area contributed by atoms with Crippen LogP contribution in [0.25, 0.3) is 0 Å². The Hall–Kier alpha value is -1.44. The number of para-hydroxylation sites is 1. The van der Waals surface area contributed by atoms with Crippen molar-refractivity contribution < 1.29 is 9.21 Å². The molecule has 0 saturated carbocycles. The van der Waals surface area contributed by atoms with E-state index in [1.165, 1.54) is 12.0 Å². The van der Waals surface area contributed by atoms with Gasteiger partial charge in [-0.05, 0) is 25.1 Å². The molecule has 0 radical (unpaired) electrons. The molecular formula is C19H29Cl3N4O2. The number of anilines is 1. The molecule has 1 unspecified atom stereocenters. The minimum Gasteiger partial charge on any atom is -0.467 e. The molecule has 3 rings (SSSR count). The number of furan rings is 1. The van der Waals surface area contributed by atoms with Crippen LogP contribution >= 0.6 is 37.2 Å². The van der Waals surface area contributed by atoms with E-state index in [0.29, 0.717) is 17.9 Å². The van der Waals surface area contributed by atoms with Crippen molar-refractivity contribution in [2.45, 2.75) is 19.5 Å². The molecule has 1 aromatic heterocycles. The zero-order valence-corrected chi connectivity index (χ0v) is 18.3. The van der Waals surface area contributed by atoms with Crippen molar-refractivity contribution in [1.82, 2.24) is 10.2 Å². The highest BCUT2D eigenvalue weighted by Crippen LogP contribution is 2.15. The smallest absolute Gasteiger partial charge is 0.254 e. The lowest BCUT2D eigenvalue weighted by atomic mass is 10.2. The van der Waals surface area contributed by atoms with Gasteiger partial charge in [-0.15, -0.1) is 37.2 Å². The van der Waals surface area contributed by atoms with E-state index in [-0.39, 0.29) is 49.2 Å². The molecule has 1 aromatic carbocycles. The maximum Gasteiger partial charge on any atom is 0.254 e. The highest BCUT2D eigenvalue weighted by Gasteiger charge is 2.20.